The Morgan fingerprint density at radius 2 is 0.614 bits per heavy atom. The molecule has 5 amide bonds. The number of nitrogens with one attached hydrogen (secondary N) is 5. The Balaban J connectivity index is 0.968. The second kappa shape index (κ2) is 47.3. The predicted octanol–water partition coefficient (Wildman–Crippen LogP) is -22.9. The van der Waals surface area contributed by atoms with Crippen LogP contribution in [0.2, 0.25) is 0 Å². The summed E-state index contributed by atoms with van der Waals surface area (Å²) in [5.74, 6) is -10.2. The second-order valence-corrected chi connectivity index (χ2v) is 33.1. The van der Waals surface area contributed by atoms with Crippen LogP contribution in [0.25, 0.3) is 0 Å². The molecule has 0 aromatic heterocycles. The van der Waals surface area contributed by atoms with Crippen LogP contribution in [0.3, 0.4) is 0 Å². The molecule has 10 saturated heterocycles. The van der Waals surface area contributed by atoms with E-state index in [0.717, 1.165) is 34.6 Å². The molecule has 34 N–H and O–H groups in total. The molecule has 10 fully saturated rings. The van der Waals surface area contributed by atoms with Gasteiger partial charge in [0.2, 0.25) is 29.5 Å². The lowest BCUT2D eigenvalue weighted by molar-refractivity contribution is -0.399. The molecular formula is C73H121N5O54. The summed E-state index contributed by atoms with van der Waals surface area (Å²) < 4.78 is 113. The van der Waals surface area contributed by atoms with Gasteiger partial charge in [-0.1, -0.05) is 0 Å². The summed E-state index contributed by atoms with van der Waals surface area (Å²) in [7, 11) is 0. The second-order valence-electron chi connectivity index (χ2n) is 33.1. The van der Waals surface area contributed by atoms with Crippen molar-refractivity contribution in [3.05, 3.63) is 0 Å². The van der Waals surface area contributed by atoms with Gasteiger partial charge < -0.3 is 265 Å². The van der Waals surface area contributed by atoms with E-state index >= 15 is 0 Å². The number of carbonyl (C=O) groups excluding carboxylic acids is 5. The summed E-state index contributed by atoms with van der Waals surface area (Å²) in [5, 5.41) is 337. The highest BCUT2D eigenvalue weighted by atomic mass is 16.8. The van der Waals surface area contributed by atoms with Crippen LogP contribution >= 0.6 is 0 Å². The van der Waals surface area contributed by atoms with Gasteiger partial charge in [-0.15, -0.1) is 0 Å². The van der Waals surface area contributed by atoms with Crippen LogP contribution in [-0.2, 0) is 119 Å². The predicted molar refractivity (Wildman–Crippen MR) is 405 cm³/mol. The third-order valence-corrected chi connectivity index (χ3v) is 23.8. The van der Waals surface area contributed by atoms with Crippen LogP contribution in [0.5, 0.6) is 0 Å². The van der Waals surface area contributed by atoms with Gasteiger partial charge in [0, 0.05) is 41.0 Å². The average Bonchev–Trinajstić information content (AvgIpc) is 0.551. The third kappa shape index (κ3) is 24.0. The van der Waals surface area contributed by atoms with E-state index in [2.05, 4.69) is 26.6 Å². The molecule has 10 aliphatic heterocycles. The normalized spacial score (nSPS) is 47.2. The van der Waals surface area contributed by atoms with Crippen molar-refractivity contribution in [2.45, 2.75) is 353 Å². The van der Waals surface area contributed by atoms with E-state index in [1.54, 1.807) is 0 Å². The smallest absolute Gasteiger partial charge is 0.364 e. The Kier molecular flexibility index (Phi) is 39.0. The fourth-order valence-electron chi connectivity index (χ4n) is 17.0. The molecule has 0 radical (unpaired) electrons. The Bertz CT molecular complexity index is 3680. The molecule has 762 valence electrons. The third-order valence-electron chi connectivity index (χ3n) is 23.8. The van der Waals surface area contributed by atoms with Crippen molar-refractivity contribution in [2.24, 2.45) is 0 Å². The molecule has 59 heteroatoms. The van der Waals surface area contributed by atoms with Crippen molar-refractivity contribution in [3.63, 3.8) is 0 Å². The van der Waals surface area contributed by atoms with Crippen molar-refractivity contribution in [1.29, 1.82) is 0 Å². The summed E-state index contributed by atoms with van der Waals surface area (Å²) in [6.45, 7) is -7.28. The first-order chi connectivity index (χ1) is 62.3. The molecular weight excluding hydrogens is 1810 g/mol. The molecule has 0 saturated carbocycles. The summed E-state index contributed by atoms with van der Waals surface area (Å²) in [6, 6.07) is -9.53. The van der Waals surface area contributed by atoms with Gasteiger partial charge in [0.1, 0.15) is 238 Å². The quantitative estimate of drug-likeness (QED) is 0.0277. The van der Waals surface area contributed by atoms with Crippen LogP contribution in [0, 0.1) is 0 Å². The summed E-state index contributed by atoms with van der Waals surface area (Å²) in [6.07, 6.45) is -100. The maximum atomic E-state index is 13.3. The number of aliphatic carboxylic acids is 1. The van der Waals surface area contributed by atoms with E-state index in [9.17, 15) is 177 Å². The largest absolute Gasteiger partial charge is 0.477 e. The van der Waals surface area contributed by atoms with Gasteiger partial charge in [0.05, 0.1) is 78.2 Å². The number of amides is 5. The fraction of sp³-hybridized carbons (Fsp3) is 0.918. The van der Waals surface area contributed by atoms with Gasteiger partial charge in [-0.25, -0.2) is 4.79 Å². The van der Waals surface area contributed by atoms with E-state index in [4.69, 9.17) is 90.0 Å². The topological polar surface area (TPSA) is 925 Å². The average molecular weight is 1930 g/mol. The van der Waals surface area contributed by atoms with Crippen molar-refractivity contribution in [2.75, 3.05) is 66.1 Å². The number of carbonyl (C=O) groups is 6. The first kappa shape index (κ1) is 109. The van der Waals surface area contributed by atoms with E-state index in [-0.39, 0.29) is 0 Å². The molecule has 0 aromatic carbocycles. The molecule has 0 aromatic rings. The molecule has 0 unspecified atom stereocenters. The van der Waals surface area contributed by atoms with E-state index in [0.29, 0.717) is 0 Å². The zero-order chi connectivity index (χ0) is 97.6. The number of hydrogen-bond donors (Lipinski definition) is 34. The molecule has 0 bridgehead atoms. The maximum Gasteiger partial charge on any atom is 0.364 e. The molecule has 59 nitrogen and oxygen atoms in total. The number of hydrogen-bond acceptors (Lipinski definition) is 53. The Labute approximate surface area is 746 Å². The van der Waals surface area contributed by atoms with Gasteiger partial charge in [0.25, 0.3) is 5.79 Å². The van der Waals surface area contributed by atoms with E-state index < -0.39 is 420 Å². The molecule has 10 heterocycles. The standard InChI is InChI=1S/C73H121N5O54/c1-17(88)74-33-22(93)6-73(72(112)113,131-58(33)38(95)23(94)7-79)132-60-42(99)27(11-83)117-69(53(60)110)127-57-31(15-87)121-65(36(47(57)104)77-20(4)91)129-61-49(106)40(97)25(9-81)118-70(61)114-16-32-43(100)59(52(109)68(123-32)126-56-30(14-86)120-64(35(45(56)102)76-19(3)90)124-54-28(12-84)115-63(111)34(44(54)101)75-18(2)89)128-71-62(50(107)41(98)26(10-82)119-71)130-66-37(78-21(5)92)46(103)55(29(13-85)122-66)125-67-51(108)48(105)39(96)24(8-80)116-67/h22-71,79-87,93-111H,6-16H2,1-5H3,(H,74,88)(H,75,89)(H,76,90)(H,77,91)(H,78,92)(H,112,113)/t22-,23+,24+,25+,26+,27+,28+,29+,30+,31+,32+,33+,34+,35+,36+,37+,38+,39-,40+,41+,42-,43+,44+,45+,46+,47+,48-,49-,50-,51+,52-,53+,54+,55+,56+,57+,58+,59-,60-,61-,62-,63-,64-,65-,66-,67-,68-,69-,70-,71+,73-/m0/s1. The lowest BCUT2D eigenvalue weighted by Gasteiger charge is -2.51. The van der Waals surface area contributed by atoms with E-state index in [1.807, 2.05) is 0 Å². The Morgan fingerprint density at radius 3 is 1.02 bits per heavy atom. The van der Waals surface area contributed by atoms with Gasteiger partial charge >= 0.3 is 5.97 Å². The Hall–Kier alpha value is -5.06. The van der Waals surface area contributed by atoms with Gasteiger partial charge in [0.15, 0.2) is 56.6 Å². The minimum Gasteiger partial charge on any atom is -0.477 e. The zero-order valence-electron chi connectivity index (χ0n) is 70.8. The van der Waals surface area contributed by atoms with Crippen LogP contribution in [-0.4, -0.2) is 562 Å². The van der Waals surface area contributed by atoms with Crippen LogP contribution < -0.4 is 26.6 Å². The number of carboxylic acids is 1. The van der Waals surface area contributed by atoms with Crippen molar-refractivity contribution in [3.8, 4) is 0 Å². The lowest BCUT2D eigenvalue weighted by Crippen LogP contribution is -2.71. The molecule has 10 rings (SSSR count). The van der Waals surface area contributed by atoms with Crippen molar-refractivity contribution >= 4 is 35.5 Å². The Morgan fingerprint density at radius 1 is 0.311 bits per heavy atom. The van der Waals surface area contributed by atoms with Gasteiger partial charge in [-0.2, -0.15) is 0 Å². The molecule has 0 aliphatic carbocycles. The number of carboxylic acid groups (broad SMARTS) is 1. The van der Waals surface area contributed by atoms with Gasteiger partial charge in [-0.05, 0) is 0 Å². The van der Waals surface area contributed by atoms with Crippen molar-refractivity contribution in [1.82, 2.24) is 26.6 Å². The number of rotatable bonds is 36. The number of aliphatic hydroxyl groups is 28. The number of aliphatic hydroxyl groups excluding tert-OH is 28. The monoisotopic (exact) mass is 1930 g/mol. The molecule has 0 spiro atoms. The molecule has 51 atom stereocenters. The van der Waals surface area contributed by atoms with Crippen LogP contribution in [0.1, 0.15) is 41.0 Å². The highest BCUT2D eigenvalue weighted by molar-refractivity contribution is 5.77. The SMILES string of the molecule is CC(=O)N[C@@H]1[C@@H](O)[C@H](O[C@@H]2O[C@H](CO)[C@@H](O[C@@H]3O[C@H](CO[C@H]4O[C@H](CO)[C@@H](O)[C@H](O)[C@@H]4O[C@@H]4O[C@H](CO)[C@@H](O[C@@H]5O[C@H](CO)[C@H](O)[C@H](O[C@]6(C(=O)O)C[C@H](O)[C@@H](NC(C)=O)[C@H]([C@H](O)[C@H](O)CO)O6)[C@H]5O)[C@H](O)[C@H]4NC(C)=O)[C@@H](O)[C@H](O[C@H]4O[C@H](CO)[C@@H](O)[C@H](O)[C@@H]4O[C@@H]4O[C@H](CO)[C@@H](O[C@@H]5O[C@H](CO)[C@H](O)[C@H](O)[C@H]5O)[C@H](O)[C@H]4NC(C)=O)[C@@H]3O)[C@H](O)[C@H]2NC(C)=O)[C@@H](CO)O[C@@H]1O. The minimum absolute atomic E-state index is 0.815. The van der Waals surface area contributed by atoms with Gasteiger partial charge in [-0.3, -0.25) is 24.0 Å². The fourth-order valence-corrected chi connectivity index (χ4v) is 17.0. The summed E-state index contributed by atoms with van der Waals surface area (Å²) in [5.41, 5.74) is 0. The summed E-state index contributed by atoms with van der Waals surface area (Å²) in [4.78, 5) is 77.1. The highest BCUT2D eigenvalue weighted by Gasteiger charge is 2.64. The van der Waals surface area contributed by atoms with E-state index in [1.165, 1.54) is 0 Å². The van der Waals surface area contributed by atoms with Crippen LogP contribution in [0.15, 0.2) is 0 Å². The molecule has 132 heavy (non-hydrogen) atoms. The van der Waals surface area contributed by atoms with Crippen LogP contribution in [0.4, 0.5) is 0 Å². The zero-order valence-corrected chi connectivity index (χ0v) is 70.8. The lowest BCUT2D eigenvalue weighted by atomic mass is 9.88. The number of ether oxygens (including phenoxy) is 19. The molecule has 10 aliphatic rings. The van der Waals surface area contributed by atoms with Crippen molar-refractivity contribution < 1.29 is 267 Å². The summed E-state index contributed by atoms with van der Waals surface area (Å²) >= 11 is 0. The first-order valence-corrected chi connectivity index (χ1v) is 41.8. The maximum absolute atomic E-state index is 13.3. The minimum atomic E-state index is -3.32. The first-order valence-electron chi connectivity index (χ1n) is 41.8. The highest BCUT2D eigenvalue weighted by Crippen LogP contribution is 2.43.